The molecule has 38 heavy (non-hydrogen) atoms. The predicted molar refractivity (Wildman–Crippen MR) is 130 cm³/mol. The monoisotopic (exact) mass is 533 g/mol. The maximum absolute atomic E-state index is 12.6. The molecule has 1 aromatic heterocycles. The van der Waals surface area contributed by atoms with Crippen molar-refractivity contribution in [3.63, 3.8) is 0 Å². The van der Waals surface area contributed by atoms with Gasteiger partial charge in [-0.1, -0.05) is 12.2 Å². The van der Waals surface area contributed by atoms with E-state index in [2.05, 4.69) is 5.32 Å². The average Bonchev–Trinajstić information content (AvgIpc) is 3.55. The fourth-order valence-corrected chi connectivity index (χ4v) is 5.34. The minimum Gasteiger partial charge on any atom is -0.490 e. The van der Waals surface area contributed by atoms with Crippen LogP contribution in [-0.4, -0.2) is 89.9 Å². The number of hydrogen-bond donors (Lipinski definition) is 5. The number of nitrogens with one attached hydrogen (secondary N) is 1. The number of amides is 1. The highest BCUT2D eigenvalue weighted by atomic mass is 16.7. The highest BCUT2D eigenvalue weighted by Crippen LogP contribution is 2.49. The highest BCUT2D eigenvalue weighted by molar-refractivity contribution is 6.00. The maximum Gasteiger partial charge on any atom is 0.313 e. The van der Waals surface area contributed by atoms with Crippen molar-refractivity contribution in [3.05, 3.63) is 29.0 Å². The first kappa shape index (κ1) is 26.4. The van der Waals surface area contributed by atoms with Gasteiger partial charge in [0.15, 0.2) is 11.3 Å². The first-order chi connectivity index (χ1) is 18.3. The summed E-state index contributed by atoms with van der Waals surface area (Å²) >= 11 is 0. The Morgan fingerprint density at radius 3 is 2.61 bits per heavy atom. The first-order valence-electron chi connectivity index (χ1n) is 12.5. The highest BCUT2D eigenvalue weighted by Gasteiger charge is 2.46. The third-order valence-electron chi connectivity index (χ3n) is 7.31. The zero-order valence-electron chi connectivity index (χ0n) is 21.0. The van der Waals surface area contributed by atoms with E-state index < -0.39 is 49.2 Å². The largest absolute Gasteiger partial charge is 0.490 e. The van der Waals surface area contributed by atoms with Gasteiger partial charge in [-0.3, -0.25) is 9.59 Å². The number of carbonyl (C=O) groups is 2. The molecule has 3 heterocycles. The van der Waals surface area contributed by atoms with Gasteiger partial charge in [0.05, 0.1) is 32.5 Å². The maximum atomic E-state index is 12.6. The fourth-order valence-electron chi connectivity index (χ4n) is 5.34. The summed E-state index contributed by atoms with van der Waals surface area (Å²) in [7, 11) is 1.41. The van der Waals surface area contributed by atoms with Crippen LogP contribution in [0, 0.1) is 5.92 Å². The number of esters is 1. The van der Waals surface area contributed by atoms with Crippen LogP contribution in [0.25, 0.3) is 17.0 Å². The van der Waals surface area contributed by atoms with E-state index >= 15 is 0 Å². The van der Waals surface area contributed by atoms with E-state index in [1.165, 1.54) is 7.11 Å². The van der Waals surface area contributed by atoms with E-state index in [4.69, 9.17) is 23.4 Å². The molecule has 12 nitrogen and oxygen atoms in total. The lowest BCUT2D eigenvalue weighted by Crippen LogP contribution is -2.60. The van der Waals surface area contributed by atoms with E-state index in [1.807, 2.05) is 0 Å². The summed E-state index contributed by atoms with van der Waals surface area (Å²) in [4.78, 5) is 24.6. The summed E-state index contributed by atoms with van der Waals surface area (Å²) in [5, 5.41) is 44.2. The molecule has 1 aliphatic carbocycles. The molecule has 2 saturated heterocycles. The molecular weight excluding hydrogens is 502 g/mol. The molecule has 7 unspecified atom stereocenters. The third kappa shape index (κ3) is 4.41. The summed E-state index contributed by atoms with van der Waals surface area (Å²) in [6.07, 6.45) is -2.00. The summed E-state index contributed by atoms with van der Waals surface area (Å²) in [5.74, 6) is -0.981. The molecule has 5 rings (SSSR count). The van der Waals surface area contributed by atoms with Gasteiger partial charge in [-0.15, -0.1) is 0 Å². The van der Waals surface area contributed by atoms with Crippen molar-refractivity contribution < 1.29 is 53.4 Å². The number of ether oxygens (including phenoxy) is 4. The van der Waals surface area contributed by atoms with Crippen LogP contribution < -0.4 is 14.8 Å². The molecule has 206 valence electrons. The van der Waals surface area contributed by atoms with Crippen molar-refractivity contribution in [1.82, 2.24) is 5.32 Å². The van der Waals surface area contributed by atoms with E-state index in [1.54, 1.807) is 25.3 Å². The fraction of sp³-hybridized carbons (Fsp3) is 0.538. The van der Waals surface area contributed by atoms with Crippen molar-refractivity contribution >= 4 is 28.9 Å². The molecule has 5 N–H and O–H groups in total. The Kier molecular flexibility index (Phi) is 7.34. The second-order valence-electron chi connectivity index (χ2n) is 9.59. The summed E-state index contributed by atoms with van der Waals surface area (Å²) in [6, 6.07) is 0. The van der Waals surface area contributed by atoms with Gasteiger partial charge in [-0.2, -0.15) is 0 Å². The Hall–Kier alpha value is -3.16. The molecule has 3 aliphatic rings. The summed E-state index contributed by atoms with van der Waals surface area (Å²) in [5.41, 5.74) is 2.36. The Bertz CT molecular complexity index is 1250. The Morgan fingerprint density at radius 2 is 1.95 bits per heavy atom. The van der Waals surface area contributed by atoms with Crippen molar-refractivity contribution in [1.29, 1.82) is 0 Å². The Labute approximate surface area is 217 Å². The van der Waals surface area contributed by atoms with Gasteiger partial charge in [-0.05, 0) is 18.9 Å². The zero-order chi connectivity index (χ0) is 27.1. The van der Waals surface area contributed by atoms with E-state index in [-0.39, 0.29) is 36.4 Å². The second-order valence-corrected chi connectivity index (χ2v) is 9.59. The predicted octanol–water partition coefficient (Wildman–Crippen LogP) is -0.0278. The Morgan fingerprint density at radius 1 is 1.16 bits per heavy atom. The SMILES string of the molecule is CCOC(=O)C1C=Cc2c(c(OC3OC(CO)C(O)C(O)C3O)c(OC)c3occ(C4CNC(=O)C4)c23)C1. The first-order valence-corrected chi connectivity index (χ1v) is 12.5. The van der Waals surface area contributed by atoms with Crippen molar-refractivity contribution in [2.45, 2.75) is 56.4 Å². The van der Waals surface area contributed by atoms with Crippen LogP contribution in [0.4, 0.5) is 0 Å². The van der Waals surface area contributed by atoms with Crippen LogP contribution >= 0.6 is 0 Å². The molecule has 2 aliphatic heterocycles. The molecular formula is C26H31NO11. The molecule has 12 heteroatoms. The quantitative estimate of drug-likeness (QED) is 0.302. The molecule has 2 fully saturated rings. The van der Waals surface area contributed by atoms with Crippen LogP contribution in [-0.2, 0) is 25.5 Å². The molecule has 0 radical (unpaired) electrons. The number of fused-ring (bicyclic) bond motifs is 3. The van der Waals surface area contributed by atoms with Crippen LogP contribution in [0.5, 0.6) is 11.5 Å². The number of methoxy groups -OCH3 is 1. The van der Waals surface area contributed by atoms with Gasteiger partial charge >= 0.3 is 5.97 Å². The number of rotatable bonds is 7. The van der Waals surface area contributed by atoms with Crippen LogP contribution in [0.2, 0.25) is 0 Å². The molecule has 0 saturated carbocycles. The minimum absolute atomic E-state index is 0.0642. The van der Waals surface area contributed by atoms with Gasteiger partial charge in [0.1, 0.15) is 24.4 Å². The zero-order valence-corrected chi connectivity index (χ0v) is 21.0. The van der Waals surface area contributed by atoms with Gasteiger partial charge in [-0.25, -0.2) is 0 Å². The second kappa shape index (κ2) is 10.5. The van der Waals surface area contributed by atoms with Crippen LogP contribution in [0.15, 0.2) is 16.8 Å². The van der Waals surface area contributed by atoms with E-state index in [0.717, 1.165) is 5.56 Å². The van der Waals surface area contributed by atoms with E-state index in [0.29, 0.717) is 35.1 Å². The van der Waals surface area contributed by atoms with Gasteiger partial charge < -0.3 is 49.1 Å². The minimum atomic E-state index is -1.66. The van der Waals surface area contributed by atoms with Crippen molar-refractivity contribution in [2.24, 2.45) is 5.92 Å². The van der Waals surface area contributed by atoms with E-state index in [9.17, 15) is 30.0 Å². The van der Waals surface area contributed by atoms with Gasteiger partial charge in [0.2, 0.25) is 17.9 Å². The van der Waals surface area contributed by atoms with Crippen molar-refractivity contribution in [3.8, 4) is 11.5 Å². The molecule has 2 aromatic rings. The number of furan rings is 1. The number of carbonyl (C=O) groups excluding carboxylic acids is 2. The van der Waals surface area contributed by atoms with Crippen LogP contribution in [0.1, 0.15) is 36.0 Å². The molecule has 1 amide bonds. The van der Waals surface area contributed by atoms with Gasteiger partial charge in [0, 0.05) is 35.4 Å². The Balaban J connectivity index is 1.64. The summed E-state index contributed by atoms with van der Waals surface area (Å²) in [6.45, 7) is 1.75. The number of hydrogen-bond acceptors (Lipinski definition) is 11. The third-order valence-corrected chi connectivity index (χ3v) is 7.31. The normalized spacial score (nSPS) is 30.7. The lowest BCUT2D eigenvalue weighted by Gasteiger charge is -2.40. The molecule has 1 aromatic carbocycles. The number of benzene rings is 1. The van der Waals surface area contributed by atoms with Crippen LogP contribution in [0.3, 0.4) is 0 Å². The molecule has 0 bridgehead atoms. The molecule has 0 spiro atoms. The van der Waals surface area contributed by atoms with Crippen molar-refractivity contribution in [2.75, 3.05) is 26.9 Å². The number of aliphatic hydroxyl groups is 4. The lowest BCUT2D eigenvalue weighted by molar-refractivity contribution is -0.277. The lowest BCUT2D eigenvalue weighted by atomic mass is 9.84. The average molecular weight is 534 g/mol. The standard InChI is InChI=1S/C26H31NO11/c1-3-35-25(33)11-4-5-13-14(6-11)22(38-26-21(32)20(31)19(30)16(9-28)37-26)24(34-2)23-18(13)15(10-36-23)12-7-17(29)27-8-12/h4-5,10-12,16,19-21,26,28,30-32H,3,6-9H2,1-2H3,(H,27,29). The molecule has 7 atom stereocenters. The topological polar surface area (TPSA) is 177 Å². The smallest absolute Gasteiger partial charge is 0.313 e. The summed E-state index contributed by atoms with van der Waals surface area (Å²) < 4.78 is 28.5. The van der Waals surface area contributed by atoms with Gasteiger partial charge in [0.25, 0.3) is 0 Å². The number of aliphatic hydroxyl groups excluding tert-OH is 4.